The molecule has 0 fully saturated rings. The van der Waals surface area contributed by atoms with Crippen LogP contribution in [0.5, 0.6) is 0 Å². The number of allylic oxidation sites excluding steroid dienone is 6. The number of alkyl halides is 3. The topological polar surface area (TPSA) is 42.6 Å². The minimum Gasteiger partial charge on any atom is -0.472 e. The molecule has 0 amide bonds. The minimum absolute atomic E-state index is 0.0113. The number of hydrogen-bond donors (Lipinski definition) is 0. The van der Waals surface area contributed by atoms with Crippen LogP contribution in [0.25, 0.3) is 5.57 Å². The van der Waals surface area contributed by atoms with Gasteiger partial charge in [-0.25, -0.2) is 9.38 Å². The predicted molar refractivity (Wildman–Crippen MR) is 132 cm³/mol. The first-order valence-electron chi connectivity index (χ1n) is 11.6. The zero-order valence-corrected chi connectivity index (χ0v) is 20.5. The SMILES string of the molecule is C/C=C(\C=C(/C1=NC(C(C)=O)=CC1)C(F)(F)F)c1ccoc1.CCCC(CC)c1ccccc1F. The summed E-state index contributed by atoms with van der Waals surface area (Å²) in [6, 6.07) is 8.69. The number of carbonyl (C=O) groups is 1. The van der Waals surface area contributed by atoms with E-state index in [1.54, 1.807) is 31.2 Å². The van der Waals surface area contributed by atoms with Crippen LogP contribution in [0.15, 0.2) is 81.8 Å². The average molecular weight is 490 g/mol. The van der Waals surface area contributed by atoms with Gasteiger partial charge in [0.15, 0.2) is 5.78 Å². The molecule has 2 aromatic rings. The number of furan rings is 1. The summed E-state index contributed by atoms with van der Waals surface area (Å²) in [5.41, 5.74) is 0.861. The number of benzene rings is 1. The lowest BCUT2D eigenvalue weighted by molar-refractivity contribution is -0.113. The highest BCUT2D eigenvalue weighted by molar-refractivity contribution is 6.10. The van der Waals surface area contributed by atoms with E-state index in [1.165, 1.54) is 25.5 Å². The van der Waals surface area contributed by atoms with E-state index in [1.807, 2.05) is 12.1 Å². The molecule has 1 atom stereocenters. The molecule has 35 heavy (non-hydrogen) atoms. The average Bonchev–Trinajstić information content (AvgIpc) is 3.51. The summed E-state index contributed by atoms with van der Waals surface area (Å²) >= 11 is 0. The van der Waals surface area contributed by atoms with Crippen LogP contribution in [0.3, 0.4) is 0 Å². The van der Waals surface area contributed by atoms with Crippen LogP contribution in [0, 0.1) is 5.82 Å². The molecule has 0 spiro atoms. The van der Waals surface area contributed by atoms with Crippen molar-refractivity contribution in [3.8, 4) is 0 Å². The molecule has 3 nitrogen and oxygen atoms in total. The summed E-state index contributed by atoms with van der Waals surface area (Å²) in [7, 11) is 0. The Bertz CT molecular complexity index is 1110. The minimum atomic E-state index is -4.56. The van der Waals surface area contributed by atoms with E-state index in [-0.39, 0.29) is 29.4 Å². The fourth-order valence-corrected chi connectivity index (χ4v) is 3.80. The lowest BCUT2D eigenvalue weighted by Crippen LogP contribution is -2.19. The van der Waals surface area contributed by atoms with Crippen molar-refractivity contribution in [2.75, 3.05) is 0 Å². The maximum absolute atomic E-state index is 13.4. The van der Waals surface area contributed by atoms with Gasteiger partial charge < -0.3 is 4.42 Å². The third-order valence-corrected chi connectivity index (χ3v) is 5.66. The normalized spacial score (nSPS) is 15.2. The first kappa shape index (κ1) is 28.0. The van der Waals surface area contributed by atoms with Crippen molar-refractivity contribution in [3.63, 3.8) is 0 Å². The van der Waals surface area contributed by atoms with E-state index in [0.717, 1.165) is 30.9 Å². The monoisotopic (exact) mass is 489 g/mol. The van der Waals surface area contributed by atoms with Crippen LogP contribution in [-0.4, -0.2) is 17.7 Å². The Kier molecular flexibility index (Phi) is 10.4. The van der Waals surface area contributed by atoms with E-state index in [9.17, 15) is 22.4 Å². The van der Waals surface area contributed by atoms with Crippen molar-refractivity contribution in [3.05, 3.63) is 89.3 Å². The van der Waals surface area contributed by atoms with Crippen molar-refractivity contribution >= 4 is 17.1 Å². The second-order valence-corrected chi connectivity index (χ2v) is 8.14. The van der Waals surface area contributed by atoms with E-state index in [4.69, 9.17) is 4.42 Å². The summed E-state index contributed by atoms with van der Waals surface area (Å²) in [5, 5.41) is 0. The van der Waals surface area contributed by atoms with E-state index in [0.29, 0.717) is 17.1 Å². The molecular weight excluding hydrogens is 458 g/mol. The van der Waals surface area contributed by atoms with Gasteiger partial charge in [-0.05, 0) is 61.1 Å². The largest absolute Gasteiger partial charge is 0.472 e. The van der Waals surface area contributed by atoms with E-state index < -0.39 is 11.7 Å². The molecular formula is C28H31F4NO2. The van der Waals surface area contributed by atoms with Crippen LogP contribution in [0.2, 0.25) is 0 Å². The molecule has 188 valence electrons. The van der Waals surface area contributed by atoms with Gasteiger partial charge >= 0.3 is 6.18 Å². The number of aliphatic imine (C=N–C) groups is 1. The van der Waals surface area contributed by atoms with Crippen molar-refractivity contribution in [2.24, 2.45) is 4.99 Å². The molecule has 1 aliphatic rings. The van der Waals surface area contributed by atoms with Gasteiger partial charge in [-0.2, -0.15) is 13.2 Å². The molecule has 3 rings (SSSR count). The van der Waals surface area contributed by atoms with Crippen molar-refractivity contribution in [1.82, 2.24) is 0 Å². The van der Waals surface area contributed by atoms with E-state index in [2.05, 4.69) is 18.8 Å². The number of Topliss-reactive ketones (excluding diaryl/α,β-unsaturated/α-hetero) is 1. The van der Waals surface area contributed by atoms with Crippen molar-refractivity contribution in [2.45, 2.75) is 65.5 Å². The van der Waals surface area contributed by atoms with Gasteiger partial charge in [0.2, 0.25) is 0 Å². The van der Waals surface area contributed by atoms with Gasteiger partial charge in [-0.15, -0.1) is 0 Å². The first-order valence-corrected chi connectivity index (χ1v) is 11.6. The van der Waals surface area contributed by atoms with Crippen LogP contribution < -0.4 is 0 Å². The van der Waals surface area contributed by atoms with E-state index >= 15 is 0 Å². The number of rotatable bonds is 8. The lowest BCUT2D eigenvalue weighted by Gasteiger charge is -2.14. The molecule has 1 aliphatic heterocycles. The Labute approximate surface area is 204 Å². The second-order valence-electron chi connectivity index (χ2n) is 8.14. The highest BCUT2D eigenvalue weighted by atomic mass is 19.4. The summed E-state index contributed by atoms with van der Waals surface area (Å²) in [4.78, 5) is 15.0. The molecule has 0 bridgehead atoms. The Hall–Kier alpha value is -3.22. The van der Waals surface area contributed by atoms with Gasteiger partial charge in [0.05, 0.1) is 23.8 Å². The molecule has 0 N–H and O–H groups in total. The molecule has 0 radical (unpaired) electrons. The lowest BCUT2D eigenvalue weighted by atomic mass is 9.92. The smallest absolute Gasteiger partial charge is 0.418 e. The zero-order valence-electron chi connectivity index (χ0n) is 20.5. The fraction of sp³-hybridized carbons (Fsp3) is 0.357. The highest BCUT2D eigenvalue weighted by Crippen LogP contribution is 2.33. The Morgan fingerprint density at radius 1 is 1.20 bits per heavy atom. The standard InChI is InChI=1S/C16H14F3NO2.C12H17F/c1-3-11(12-6-7-22-9-12)8-13(16(17,18)19)15-5-4-14(20-15)10(2)21;1-3-7-10(4-2)11-8-5-6-9-12(11)13/h3-4,6-9H,5H2,1-2H3;5-6,8-10H,3-4,7H2,1-2H3/b11-3+,13-8+;. The van der Waals surface area contributed by atoms with Crippen LogP contribution in [0.1, 0.15) is 70.4 Å². The second kappa shape index (κ2) is 13.0. The van der Waals surface area contributed by atoms with Crippen LogP contribution in [-0.2, 0) is 4.79 Å². The molecule has 0 saturated heterocycles. The maximum Gasteiger partial charge on any atom is 0.418 e. The summed E-state index contributed by atoms with van der Waals surface area (Å²) < 4.78 is 58.2. The van der Waals surface area contributed by atoms with Crippen LogP contribution >= 0.6 is 0 Å². The Balaban J connectivity index is 0.000000283. The first-order chi connectivity index (χ1) is 16.6. The van der Waals surface area contributed by atoms with Gasteiger partial charge in [0, 0.05) is 18.9 Å². The molecule has 2 heterocycles. The summed E-state index contributed by atoms with van der Waals surface area (Å²) in [6.07, 6.45) is 5.41. The molecule has 0 aliphatic carbocycles. The van der Waals surface area contributed by atoms with Crippen molar-refractivity contribution < 1.29 is 26.8 Å². The Morgan fingerprint density at radius 2 is 1.91 bits per heavy atom. The molecule has 1 aromatic carbocycles. The van der Waals surface area contributed by atoms with Gasteiger partial charge in [0.25, 0.3) is 0 Å². The zero-order chi connectivity index (χ0) is 26.0. The van der Waals surface area contributed by atoms with Gasteiger partial charge in [0.1, 0.15) is 11.5 Å². The number of ketones is 1. The quantitative estimate of drug-likeness (QED) is 0.275. The van der Waals surface area contributed by atoms with Gasteiger partial charge in [-0.1, -0.05) is 44.5 Å². The molecule has 1 aromatic heterocycles. The van der Waals surface area contributed by atoms with Crippen LogP contribution in [0.4, 0.5) is 17.6 Å². The fourth-order valence-electron chi connectivity index (χ4n) is 3.80. The number of nitrogens with zero attached hydrogens (tertiary/aromatic N) is 1. The number of halogens is 4. The predicted octanol–water partition coefficient (Wildman–Crippen LogP) is 8.61. The maximum atomic E-state index is 13.4. The molecule has 0 saturated carbocycles. The number of carbonyl (C=O) groups excluding carboxylic acids is 1. The molecule has 1 unspecified atom stereocenters. The Morgan fingerprint density at radius 3 is 2.40 bits per heavy atom. The molecule has 7 heteroatoms. The van der Waals surface area contributed by atoms with Gasteiger partial charge in [-0.3, -0.25) is 4.79 Å². The highest BCUT2D eigenvalue weighted by Gasteiger charge is 2.38. The third kappa shape index (κ3) is 7.91. The summed E-state index contributed by atoms with van der Waals surface area (Å²) in [6.45, 7) is 7.18. The number of hydrogen-bond acceptors (Lipinski definition) is 3. The van der Waals surface area contributed by atoms with Crippen molar-refractivity contribution in [1.29, 1.82) is 0 Å². The summed E-state index contributed by atoms with van der Waals surface area (Å²) in [5.74, 6) is -0.00776. The third-order valence-electron chi connectivity index (χ3n) is 5.66.